The zero-order chi connectivity index (χ0) is 13.0. The second-order valence-electron chi connectivity index (χ2n) is 6.99. The van der Waals surface area contributed by atoms with Gasteiger partial charge < -0.3 is 0 Å². The molecule has 1 saturated carbocycles. The fourth-order valence-corrected chi connectivity index (χ4v) is 5.37. The van der Waals surface area contributed by atoms with Crippen LogP contribution >= 0.6 is 22.6 Å². The normalized spacial score (nSPS) is 37.8. The largest absolute Gasteiger partial charge is 0.0820 e. The number of hydrogen-bond acceptors (Lipinski definition) is 0. The Morgan fingerprint density at radius 2 is 1.83 bits per heavy atom. The van der Waals surface area contributed by atoms with Crippen molar-refractivity contribution >= 4 is 22.6 Å². The van der Waals surface area contributed by atoms with E-state index < -0.39 is 0 Å². The molecule has 2 aliphatic carbocycles. The van der Waals surface area contributed by atoms with Gasteiger partial charge in [0.05, 0.1) is 0 Å². The minimum absolute atomic E-state index is 0.417. The third-order valence-corrected chi connectivity index (χ3v) is 7.95. The summed E-state index contributed by atoms with van der Waals surface area (Å²) in [6.45, 7) is 7.53. The van der Waals surface area contributed by atoms with Crippen LogP contribution in [0.3, 0.4) is 0 Å². The molecule has 0 nitrogen and oxygen atoms in total. The molecule has 2 aliphatic rings. The fraction of sp³-hybridized carbons (Fsp3) is 0.647. The minimum atomic E-state index is 0.417. The van der Waals surface area contributed by atoms with Crippen molar-refractivity contribution in [3.63, 3.8) is 0 Å². The first-order valence-electron chi connectivity index (χ1n) is 7.19. The molecule has 0 radical (unpaired) electrons. The lowest BCUT2D eigenvalue weighted by molar-refractivity contribution is 0.0521. The van der Waals surface area contributed by atoms with E-state index >= 15 is 0 Å². The number of halogens is 1. The lowest BCUT2D eigenvalue weighted by Crippen LogP contribution is -2.52. The third-order valence-electron chi connectivity index (χ3n) is 5.73. The number of fused-ring (bicyclic) bond motifs is 3. The van der Waals surface area contributed by atoms with Gasteiger partial charge in [0.2, 0.25) is 0 Å². The SMILES string of the molecule is CC1(C)C2CCc3ccccc3[C@@]2(C)CC[C@@H]1I. The maximum Gasteiger partial charge on any atom is 0.0164 e. The molecule has 0 aromatic heterocycles. The van der Waals surface area contributed by atoms with Crippen molar-refractivity contribution in [3.8, 4) is 0 Å². The monoisotopic (exact) mass is 354 g/mol. The van der Waals surface area contributed by atoms with E-state index in [1.165, 1.54) is 25.7 Å². The van der Waals surface area contributed by atoms with Gasteiger partial charge in [0.15, 0.2) is 0 Å². The first-order chi connectivity index (χ1) is 8.46. The fourth-order valence-electron chi connectivity index (χ4n) is 4.62. The Kier molecular flexibility index (Phi) is 3.04. The van der Waals surface area contributed by atoms with Crippen LogP contribution in [-0.4, -0.2) is 3.92 Å². The molecular weight excluding hydrogens is 331 g/mol. The van der Waals surface area contributed by atoms with Crippen molar-refractivity contribution < 1.29 is 0 Å². The van der Waals surface area contributed by atoms with Gasteiger partial charge in [-0.25, -0.2) is 0 Å². The molecule has 0 aliphatic heterocycles. The average Bonchev–Trinajstić information content (AvgIpc) is 2.35. The molecule has 0 saturated heterocycles. The van der Waals surface area contributed by atoms with E-state index in [2.05, 4.69) is 67.6 Å². The smallest absolute Gasteiger partial charge is 0.0164 e. The van der Waals surface area contributed by atoms with Crippen LogP contribution in [0.5, 0.6) is 0 Å². The van der Waals surface area contributed by atoms with Crippen LogP contribution in [0.4, 0.5) is 0 Å². The molecule has 0 bridgehead atoms. The predicted octanol–water partition coefficient (Wildman–Crippen LogP) is 5.13. The Morgan fingerprint density at radius 3 is 2.61 bits per heavy atom. The highest BCUT2D eigenvalue weighted by Crippen LogP contribution is 2.58. The highest BCUT2D eigenvalue weighted by atomic mass is 127. The van der Waals surface area contributed by atoms with Crippen LogP contribution in [0.1, 0.15) is 51.2 Å². The number of alkyl halides is 1. The van der Waals surface area contributed by atoms with Crippen molar-refractivity contribution in [2.24, 2.45) is 11.3 Å². The van der Waals surface area contributed by atoms with E-state index in [0.717, 1.165) is 9.84 Å². The summed E-state index contributed by atoms with van der Waals surface area (Å²) in [5.41, 5.74) is 4.15. The van der Waals surface area contributed by atoms with Crippen molar-refractivity contribution in [1.29, 1.82) is 0 Å². The van der Waals surface area contributed by atoms with Crippen molar-refractivity contribution in [3.05, 3.63) is 35.4 Å². The van der Waals surface area contributed by atoms with Gasteiger partial charge in [0.25, 0.3) is 0 Å². The minimum Gasteiger partial charge on any atom is -0.0820 e. The first kappa shape index (κ1) is 13.0. The summed E-state index contributed by atoms with van der Waals surface area (Å²) in [5, 5.41) is 0. The molecule has 0 spiro atoms. The van der Waals surface area contributed by atoms with Gasteiger partial charge in [-0.05, 0) is 53.6 Å². The Bertz CT molecular complexity index is 462. The van der Waals surface area contributed by atoms with Gasteiger partial charge in [0.1, 0.15) is 0 Å². The molecule has 1 aromatic rings. The van der Waals surface area contributed by atoms with Gasteiger partial charge in [-0.15, -0.1) is 0 Å². The molecule has 0 heterocycles. The quantitative estimate of drug-likeness (QED) is 0.448. The standard InChI is InChI=1S/C17H23I/c1-16(2)14-9-8-12-6-4-5-7-13(12)17(14,3)11-10-15(16)18/h4-7,14-15H,8-11H2,1-3H3/t14?,15-,17+/m0/s1. The number of rotatable bonds is 0. The maximum absolute atomic E-state index is 2.69. The predicted molar refractivity (Wildman–Crippen MR) is 86.4 cm³/mol. The number of benzene rings is 1. The summed E-state index contributed by atoms with van der Waals surface area (Å²) in [4.78, 5) is 0. The lowest BCUT2D eigenvalue weighted by Gasteiger charge is -2.56. The average molecular weight is 354 g/mol. The second kappa shape index (κ2) is 4.22. The highest BCUT2D eigenvalue weighted by Gasteiger charge is 2.52. The zero-order valence-electron chi connectivity index (χ0n) is 11.7. The van der Waals surface area contributed by atoms with E-state index in [9.17, 15) is 0 Å². The molecule has 3 atom stereocenters. The Morgan fingerprint density at radius 1 is 1.11 bits per heavy atom. The molecule has 0 amide bonds. The lowest BCUT2D eigenvalue weighted by atomic mass is 9.50. The van der Waals surface area contributed by atoms with Gasteiger partial charge in [-0.3, -0.25) is 0 Å². The molecule has 1 fully saturated rings. The van der Waals surface area contributed by atoms with Crippen LogP contribution in [0.15, 0.2) is 24.3 Å². The third kappa shape index (κ3) is 1.69. The first-order valence-corrected chi connectivity index (χ1v) is 8.43. The second-order valence-corrected chi connectivity index (χ2v) is 8.50. The van der Waals surface area contributed by atoms with Crippen LogP contribution in [0.25, 0.3) is 0 Å². The summed E-state index contributed by atoms with van der Waals surface area (Å²) in [7, 11) is 0. The topological polar surface area (TPSA) is 0 Å². The molecule has 1 unspecified atom stereocenters. The number of aryl methyl sites for hydroxylation is 1. The molecule has 3 rings (SSSR count). The molecule has 1 heteroatoms. The van der Waals surface area contributed by atoms with Crippen LogP contribution < -0.4 is 0 Å². The summed E-state index contributed by atoms with van der Waals surface area (Å²) >= 11 is 2.69. The summed E-state index contributed by atoms with van der Waals surface area (Å²) in [6.07, 6.45) is 5.39. The maximum atomic E-state index is 2.69. The summed E-state index contributed by atoms with van der Waals surface area (Å²) < 4.78 is 0.832. The molecular formula is C17H23I. The molecule has 0 N–H and O–H groups in total. The van der Waals surface area contributed by atoms with Crippen LogP contribution in [0, 0.1) is 11.3 Å². The Balaban J connectivity index is 2.10. The number of hydrogen-bond donors (Lipinski definition) is 0. The van der Waals surface area contributed by atoms with Gasteiger partial charge in [-0.2, -0.15) is 0 Å². The van der Waals surface area contributed by atoms with Crippen molar-refractivity contribution in [2.75, 3.05) is 0 Å². The summed E-state index contributed by atoms with van der Waals surface area (Å²) in [5.74, 6) is 0.843. The zero-order valence-corrected chi connectivity index (χ0v) is 13.8. The molecule has 18 heavy (non-hydrogen) atoms. The molecule has 98 valence electrons. The van der Waals surface area contributed by atoms with Crippen LogP contribution in [0.2, 0.25) is 0 Å². The van der Waals surface area contributed by atoms with Gasteiger partial charge in [-0.1, -0.05) is 67.6 Å². The molecule has 1 aromatic carbocycles. The van der Waals surface area contributed by atoms with E-state index in [1.807, 2.05) is 0 Å². The van der Waals surface area contributed by atoms with Gasteiger partial charge >= 0.3 is 0 Å². The van der Waals surface area contributed by atoms with Crippen LogP contribution in [-0.2, 0) is 11.8 Å². The van der Waals surface area contributed by atoms with Gasteiger partial charge in [0, 0.05) is 3.92 Å². The Labute approximate surface area is 125 Å². The summed E-state index contributed by atoms with van der Waals surface area (Å²) in [6, 6.07) is 9.18. The van der Waals surface area contributed by atoms with E-state index in [1.54, 1.807) is 11.1 Å². The van der Waals surface area contributed by atoms with Crippen molar-refractivity contribution in [2.45, 2.75) is 55.8 Å². The van der Waals surface area contributed by atoms with E-state index in [0.29, 0.717) is 10.8 Å². The van der Waals surface area contributed by atoms with E-state index in [-0.39, 0.29) is 0 Å². The van der Waals surface area contributed by atoms with E-state index in [4.69, 9.17) is 0 Å². The highest BCUT2D eigenvalue weighted by molar-refractivity contribution is 14.1. The van der Waals surface area contributed by atoms with Crippen molar-refractivity contribution in [1.82, 2.24) is 0 Å². The Hall–Kier alpha value is -0.0500.